The second-order valence-corrected chi connectivity index (χ2v) is 3.76. The summed E-state index contributed by atoms with van der Waals surface area (Å²) < 4.78 is 13.3. The van der Waals surface area contributed by atoms with Crippen molar-refractivity contribution in [1.82, 2.24) is 4.98 Å². The summed E-state index contributed by atoms with van der Waals surface area (Å²) in [5.74, 6) is -0.629. The summed E-state index contributed by atoms with van der Waals surface area (Å²) in [4.78, 5) is 15.7. The fourth-order valence-corrected chi connectivity index (χ4v) is 1.63. The minimum absolute atomic E-state index is 0.163. The predicted octanol–water partition coefficient (Wildman–Crippen LogP) is 3.04. The van der Waals surface area contributed by atoms with E-state index in [0.717, 1.165) is 5.56 Å². The molecule has 0 aliphatic carbocycles. The van der Waals surface area contributed by atoms with Gasteiger partial charge in [-0.1, -0.05) is 18.2 Å². The van der Waals surface area contributed by atoms with Crippen molar-refractivity contribution in [3.05, 3.63) is 65.7 Å². The summed E-state index contributed by atoms with van der Waals surface area (Å²) in [6.45, 7) is 0. The topological polar surface area (TPSA) is 30.0 Å². The maximum Gasteiger partial charge on any atom is 0.166 e. The standard InChI is InChI=1S/C14H12FNO/c15-13-6-2-1-5-12(13)14(17)8-7-11-4-3-9-16-10-11/h1-6,9-10H,7-8H2. The third kappa shape index (κ3) is 2.97. The van der Waals surface area contributed by atoms with Gasteiger partial charge in [0, 0.05) is 18.8 Å². The van der Waals surface area contributed by atoms with Crippen LogP contribution < -0.4 is 0 Å². The van der Waals surface area contributed by atoms with Gasteiger partial charge < -0.3 is 0 Å². The Morgan fingerprint density at radius 2 is 2.00 bits per heavy atom. The number of aryl methyl sites for hydroxylation is 1. The van der Waals surface area contributed by atoms with Crippen LogP contribution in [0.25, 0.3) is 0 Å². The Hall–Kier alpha value is -2.03. The highest BCUT2D eigenvalue weighted by molar-refractivity contribution is 5.96. The number of halogens is 1. The maximum atomic E-state index is 13.3. The van der Waals surface area contributed by atoms with Gasteiger partial charge in [-0.3, -0.25) is 9.78 Å². The van der Waals surface area contributed by atoms with Gasteiger partial charge in [-0.25, -0.2) is 4.39 Å². The Kier molecular flexibility index (Phi) is 3.60. The molecule has 0 atom stereocenters. The van der Waals surface area contributed by atoms with Crippen molar-refractivity contribution in [3.63, 3.8) is 0 Å². The van der Waals surface area contributed by atoms with Crippen molar-refractivity contribution in [3.8, 4) is 0 Å². The first-order chi connectivity index (χ1) is 8.27. The molecule has 0 N–H and O–H groups in total. The Bertz CT molecular complexity index is 511. The SMILES string of the molecule is O=C(CCc1cccnc1)c1ccccc1F. The number of pyridine rings is 1. The van der Waals surface area contributed by atoms with Gasteiger partial charge >= 0.3 is 0 Å². The van der Waals surface area contributed by atoms with Gasteiger partial charge in [0.05, 0.1) is 5.56 Å². The zero-order chi connectivity index (χ0) is 12.1. The lowest BCUT2D eigenvalue weighted by atomic mass is 10.0. The molecule has 0 saturated heterocycles. The molecule has 0 amide bonds. The molecule has 0 aliphatic rings. The minimum atomic E-state index is -0.455. The molecular formula is C14H12FNO. The highest BCUT2D eigenvalue weighted by Gasteiger charge is 2.10. The number of nitrogens with zero attached hydrogens (tertiary/aromatic N) is 1. The Morgan fingerprint density at radius 1 is 1.18 bits per heavy atom. The number of carbonyl (C=O) groups is 1. The van der Waals surface area contributed by atoms with Crippen LogP contribution >= 0.6 is 0 Å². The lowest BCUT2D eigenvalue weighted by Gasteiger charge is -2.02. The van der Waals surface area contributed by atoms with E-state index in [0.29, 0.717) is 12.8 Å². The van der Waals surface area contributed by atoms with Crippen LogP contribution in [0.15, 0.2) is 48.8 Å². The normalized spacial score (nSPS) is 10.2. The molecule has 1 aromatic heterocycles. The van der Waals surface area contributed by atoms with Crippen molar-refractivity contribution in [2.24, 2.45) is 0 Å². The maximum absolute atomic E-state index is 13.3. The number of aromatic nitrogens is 1. The molecule has 0 radical (unpaired) electrons. The van der Waals surface area contributed by atoms with Crippen molar-refractivity contribution in [2.45, 2.75) is 12.8 Å². The van der Waals surface area contributed by atoms with Gasteiger partial charge in [-0.05, 0) is 30.2 Å². The molecule has 0 bridgehead atoms. The van der Waals surface area contributed by atoms with E-state index >= 15 is 0 Å². The van der Waals surface area contributed by atoms with E-state index in [2.05, 4.69) is 4.98 Å². The van der Waals surface area contributed by atoms with Crippen LogP contribution in [0, 0.1) is 5.82 Å². The van der Waals surface area contributed by atoms with Gasteiger partial charge in [-0.2, -0.15) is 0 Å². The molecule has 2 rings (SSSR count). The summed E-state index contributed by atoms with van der Waals surface area (Å²) >= 11 is 0. The van der Waals surface area contributed by atoms with Crippen LogP contribution in [0.4, 0.5) is 4.39 Å². The molecular weight excluding hydrogens is 217 g/mol. The predicted molar refractivity (Wildman–Crippen MR) is 63.3 cm³/mol. The zero-order valence-electron chi connectivity index (χ0n) is 9.27. The fraction of sp³-hybridized carbons (Fsp3) is 0.143. The first-order valence-electron chi connectivity index (χ1n) is 5.44. The molecule has 17 heavy (non-hydrogen) atoms. The van der Waals surface area contributed by atoms with Crippen molar-refractivity contribution in [2.75, 3.05) is 0 Å². The molecule has 0 saturated carbocycles. The average molecular weight is 229 g/mol. The van der Waals surface area contributed by atoms with Crippen molar-refractivity contribution >= 4 is 5.78 Å². The molecule has 3 heteroatoms. The molecule has 0 fully saturated rings. The van der Waals surface area contributed by atoms with Gasteiger partial charge in [0.2, 0.25) is 0 Å². The van der Waals surface area contributed by atoms with Crippen LogP contribution in [-0.2, 0) is 6.42 Å². The fourth-order valence-electron chi connectivity index (χ4n) is 1.63. The third-order valence-corrected chi connectivity index (χ3v) is 2.54. The molecule has 86 valence electrons. The number of Topliss-reactive ketones (excluding diaryl/α,β-unsaturated/α-hetero) is 1. The van der Waals surface area contributed by atoms with Crippen LogP contribution in [-0.4, -0.2) is 10.8 Å². The molecule has 2 aromatic rings. The first kappa shape index (κ1) is 11.5. The number of carbonyl (C=O) groups excluding carboxylic acids is 1. The Balaban J connectivity index is 2.01. The van der Waals surface area contributed by atoms with Crippen molar-refractivity contribution in [1.29, 1.82) is 0 Å². The van der Waals surface area contributed by atoms with E-state index in [-0.39, 0.29) is 11.3 Å². The second kappa shape index (κ2) is 5.34. The molecule has 2 nitrogen and oxygen atoms in total. The highest BCUT2D eigenvalue weighted by Crippen LogP contribution is 2.11. The lowest BCUT2D eigenvalue weighted by molar-refractivity contribution is 0.0979. The number of hydrogen-bond donors (Lipinski definition) is 0. The number of benzene rings is 1. The Morgan fingerprint density at radius 3 is 2.71 bits per heavy atom. The number of rotatable bonds is 4. The average Bonchev–Trinajstić information content (AvgIpc) is 2.38. The first-order valence-corrected chi connectivity index (χ1v) is 5.44. The van der Waals surface area contributed by atoms with Gasteiger partial charge in [-0.15, -0.1) is 0 Å². The molecule has 0 unspecified atom stereocenters. The van der Waals surface area contributed by atoms with E-state index in [1.165, 1.54) is 12.1 Å². The van der Waals surface area contributed by atoms with Gasteiger partial charge in [0.15, 0.2) is 5.78 Å². The van der Waals surface area contributed by atoms with Crippen molar-refractivity contribution < 1.29 is 9.18 Å². The van der Waals surface area contributed by atoms with Crippen LogP contribution in [0.5, 0.6) is 0 Å². The van der Waals surface area contributed by atoms with Crippen LogP contribution in [0.2, 0.25) is 0 Å². The van der Waals surface area contributed by atoms with E-state index in [1.54, 1.807) is 24.5 Å². The summed E-state index contributed by atoms with van der Waals surface area (Å²) in [7, 11) is 0. The summed E-state index contributed by atoms with van der Waals surface area (Å²) in [5.41, 5.74) is 1.15. The third-order valence-electron chi connectivity index (χ3n) is 2.54. The van der Waals surface area contributed by atoms with E-state index < -0.39 is 5.82 Å². The summed E-state index contributed by atoms with van der Waals surface area (Å²) in [6, 6.07) is 9.79. The number of ketones is 1. The zero-order valence-corrected chi connectivity index (χ0v) is 9.27. The highest BCUT2D eigenvalue weighted by atomic mass is 19.1. The quantitative estimate of drug-likeness (QED) is 0.754. The second-order valence-electron chi connectivity index (χ2n) is 3.76. The summed E-state index contributed by atoms with van der Waals surface area (Å²) in [6.07, 6.45) is 4.28. The number of hydrogen-bond acceptors (Lipinski definition) is 2. The smallest absolute Gasteiger partial charge is 0.166 e. The van der Waals surface area contributed by atoms with E-state index in [1.807, 2.05) is 12.1 Å². The molecule has 0 spiro atoms. The van der Waals surface area contributed by atoms with E-state index in [4.69, 9.17) is 0 Å². The van der Waals surface area contributed by atoms with Gasteiger partial charge in [0.25, 0.3) is 0 Å². The van der Waals surface area contributed by atoms with E-state index in [9.17, 15) is 9.18 Å². The summed E-state index contributed by atoms with van der Waals surface area (Å²) in [5, 5.41) is 0. The van der Waals surface area contributed by atoms with Crippen LogP contribution in [0.1, 0.15) is 22.3 Å². The Labute approximate surface area is 99.1 Å². The van der Waals surface area contributed by atoms with Gasteiger partial charge in [0.1, 0.15) is 5.82 Å². The van der Waals surface area contributed by atoms with Crippen LogP contribution in [0.3, 0.4) is 0 Å². The minimum Gasteiger partial charge on any atom is -0.294 e. The monoisotopic (exact) mass is 229 g/mol. The molecule has 1 heterocycles. The molecule has 1 aromatic carbocycles. The lowest BCUT2D eigenvalue weighted by Crippen LogP contribution is -2.03. The largest absolute Gasteiger partial charge is 0.294 e. The molecule has 0 aliphatic heterocycles.